The third kappa shape index (κ3) is 3.67. The predicted octanol–water partition coefficient (Wildman–Crippen LogP) is 2.31. The number of hydrogen-bond donors (Lipinski definition) is 1. The highest BCUT2D eigenvalue weighted by Crippen LogP contribution is 2.29. The molecule has 24 heavy (non-hydrogen) atoms. The Bertz CT molecular complexity index is 700. The Hall–Kier alpha value is -1.73. The number of amides is 1. The first-order valence-electron chi connectivity index (χ1n) is 8.55. The van der Waals surface area contributed by atoms with Crippen molar-refractivity contribution in [3.8, 4) is 10.6 Å². The van der Waals surface area contributed by atoms with E-state index in [9.17, 15) is 4.79 Å². The number of piperidine rings is 1. The average molecular weight is 347 g/mol. The highest BCUT2D eigenvalue weighted by Gasteiger charge is 2.26. The van der Waals surface area contributed by atoms with Gasteiger partial charge in [0.15, 0.2) is 0 Å². The first-order valence-corrected chi connectivity index (χ1v) is 9.36. The van der Waals surface area contributed by atoms with Gasteiger partial charge in [-0.3, -0.25) is 9.48 Å². The summed E-state index contributed by atoms with van der Waals surface area (Å²) in [4.78, 5) is 20.2. The van der Waals surface area contributed by atoms with Crippen molar-refractivity contribution < 1.29 is 4.79 Å². The molecule has 2 aromatic rings. The second-order valence-corrected chi connectivity index (χ2v) is 7.38. The molecule has 1 fully saturated rings. The van der Waals surface area contributed by atoms with Crippen molar-refractivity contribution in [1.29, 1.82) is 0 Å². The second-order valence-electron chi connectivity index (χ2n) is 6.38. The molecule has 130 valence electrons. The summed E-state index contributed by atoms with van der Waals surface area (Å²) in [5.74, 6) is 0.810. The van der Waals surface area contributed by atoms with Crippen LogP contribution in [0.4, 0.5) is 0 Å². The largest absolute Gasteiger partial charge is 0.338 e. The number of nitrogens with one attached hydrogen (secondary N) is 1. The standard InChI is InChI=1S/C17H25N5OS/c1-4-18-9-13-5-7-22(8-6-13)17(23)15-12(2)20-16(24-15)14-10-19-21(3)11-14/h10-11,13,18H,4-9H2,1-3H3. The number of carbonyl (C=O) groups excluding carboxylic acids is 1. The van der Waals surface area contributed by atoms with Gasteiger partial charge in [0, 0.05) is 31.9 Å². The van der Waals surface area contributed by atoms with E-state index >= 15 is 0 Å². The molecule has 2 aromatic heterocycles. The van der Waals surface area contributed by atoms with Crippen LogP contribution in [0.25, 0.3) is 10.6 Å². The van der Waals surface area contributed by atoms with E-state index in [1.807, 2.05) is 25.1 Å². The van der Waals surface area contributed by atoms with Crippen LogP contribution in [0, 0.1) is 12.8 Å². The summed E-state index contributed by atoms with van der Waals surface area (Å²) in [7, 11) is 1.88. The molecule has 3 heterocycles. The highest BCUT2D eigenvalue weighted by atomic mass is 32.1. The molecule has 0 aromatic carbocycles. The smallest absolute Gasteiger partial charge is 0.265 e. The molecule has 1 saturated heterocycles. The average Bonchev–Trinajstić information content (AvgIpc) is 3.18. The normalized spacial score (nSPS) is 15.9. The molecule has 0 radical (unpaired) electrons. The predicted molar refractivity (Wildman–Crippen MR) is 96.2 cm³/mol. The fraction of sp³-hybridized carbons (Fsp3) is 0.588. The van der Waals surface area contributed by atoms with Crippen LogP contribution in [0.15, 0.2) is 12.4 Å². The molecule has 1 N–H and O–H groups in total. The first-order chi connectivity index (χ1) is 11.6. The Kier molecular flexibility index (Phi) is 5.30. The molecule has 6 nitrogen and oxygen atoms in total. The second kappa shape index (κ2) is 7.44. The molecule has 1 amide bonds. The molecule has 7 heteroatoms. The lowest BCUT2D eigenvalue weighted by atomic mass is 9.96. The molecule has 0 bridgehead atoms. The molecule has 1 aliphatic rings. The number of carbonyl (C=O) groups is 1. The molecule has 0 aliphatic carbocycles. The van der Waals surface area contributed by atoms with Gasteiger partial charge in [-0.2, -0.15) is 5.10 Å². The number of likely N-dealkylation sites (tertiary alicyclic amines) is 1. The quantitative estimate of drug-likeness (QED) is 0.901. The van der Waals surface area contributed by atoms with E-state index < -0.39 is 0 Å². The van der Waals surface area contributed by atoms with Gasteiger partial charge in [-0.25, -0.2) is 4.98 Å². The van der Waals surface area contributed by atoms with Crippen molar-refractivity contribution in [2.45, 2.75) is 26.7 Å². The van der Waals surface area contributed by atoms with Crippen molar-refractivity contribution in [2.75, 3.05) is 26.2 Å². The van der Waals surface area contributed by atoms with Gasteiger partial charge in [0.25, 0.3) is 5.91 Å². The summed E-state index contributed by atoms with van der Waals surface area (Å²) in [6.07, 6.45) is 5.87. The lowest BCUT2D eigenvalue weighted by Crippen LogP contribution is -2.40. The zero-order valence-corrected chi connectivity index (χ0v) is 15.4. The summed E-state index contributed by atoms with van der Waals surface area (Å²) >= 11 is 1.47. The number of hydrogen-bond acceptors (Lipinski definition) is 5. The molecule has 0 unspecified atom stereocenters. The molecule has 0 spiro atoms. The van der Waals surface area contributed by atoms with Crippen LogP contribution in [0.2, 0.25) is 0 Å². The van der Waals surface area contributed by atoms with Gasteiger partial charge >= 0.3 is 0 Å². The van der Waals surface area contributed by atoms with E-state index in [1.165, 1.54) is 11.3 Å². The number of nitrogens with zero attached hydrogens (tertiary/aromatic N) is 4. The molecule has 0 atom stereocenters. The maximum atomic E-state index is 12.9. The van der Waals surface area contributed by atoms with Crippen LogP contribution in [-0.2, 0) is 7.05 Å². The van der Waals surface area contributed by atoms with Gasteiger partial charge in [0.05, 0.1) is 11.9 Å². The first kappa shape index (κ1) is 17.1. The summed E-state index contributed by atoms with van der Waals surface area (Å²) in [6.45, 7) is 7.80. The summed E-state index contributed by atoms with van der Waals surface area (Å²) in [6, 6.07) is 0. The van der Waals surface area contributed by atoms with E-state index in [1.54, 1.807) is 10.9 Å². The van der Waals surface area contributed by atoms with E-state index in [4.69, 9.17) is 0 Å². The van der Waals surface area contributed by atoms with E-state index in [-0.39, 0.29) is 5.91 Å². The monoisotopic (exact) mass is 347 g/mol. The zero-order valence-electron chi connectivity index (χ0n) is 14.6. The SMILES string of the molecule is CCNCC1CCN(C(=O)c2sc(-c3cnn(C)c3)nc2C)CC1. The summed E-state index contributed by atoms with van der Waals surface area (Å²) in [5.41, 5.74) is 1.78. The van der Waals surface area contributed by atoms with Crippen molar-refractivity contribution >= 4 is 17.2 Å². The maximum absolute atomic E-state index is 12.9. The molecule has 1 aliphatic heterocycles. The Labute approximate surface area is 146 Å². The van der Waals surface area contributed by atoms with Gasteiger partial charge in [-0.1, -0.05) is 6.92 Å². The fourth-order valence-corrected chi connectivity index (χ4v) is 4.09. The lowest BCUT2D eigenvalue weighted by molar-refractivity contribution is 0.0694. The fourth-order valence-electron chi connectivity index (χ4n) is 3.08. The lowest BCUT2D eigenvalue weighted by Gasteiger charge is -2.31. The molecular formula is C17H25N5OS. The van der Waals surface area contributed by atoms with Crippen molar-refractivity contribution in [1.82, 2.24) is 25.0 Å². The summed E-state index contributed by atoms with van der Waals surface area (Å²) < 4.78 is 1.75. The highest BCUT2D eigenvalue weighted by molar-refractivity contribution is 7.17. The maximum Gasteiger partial charge on any atom is 0.265 e. The van der Waals surface area contributed by atoms with Crippen molar-refractivity contribution in [3.05, 3.63) is 23.0 Å². The number of thiazole rings is 1. The Morgan fingerprint density at radius 3 is 2.79 bits per heavy atom. The minimum absolute atomic E-state index is 0.127. The van der Waals surface area contributed by atoms with Crippen molar-refractivity contribution in [3.63, 3.8) is 0 Å². The van der Waals surface area contributed by atoms with Crippen LogP contribution in [0.1, 0.15) is 35.1 Å². The number of rotatable bonds is 5. The zero-order chi connectivity index (χ0) is 17.1. The van der Waals surface area contributed by atoms with E-state index in [0.717, 1.165) is 60.2 Å². The Balaban J connectivity index is 1.67. The van der Waals surface area contributed by atoms with Crippen LogP contribution < -0.4 is 5.32 Å². The minimum Gasteiger partial charge on any atom is -0.338 e. The Morgan fingerprint density at radius 2 is 2.17 bits per heavy atom. The molecular weight excluding hydrogens is 322 g/mol. The van der Waals surface area contributed by atoms with Gasteiger partial charge in [-0.15, -0.1) is 11.3 Å². The third-order valence-electron chi connectivity index (χ3n) is 4.53. The van der Waals surface area contributed by atoms with Gasteiger partial charge in [0.2, 0.25) is 0 Å². The van der Waals surface area contributed by atoms with Gasteiger partial charge in [-0.05, 0) is 38.8 Å². The van der Waals surface area contributed by atoms with E-state index in [0.29, 0.717) is 5.92 Å². The molecule has 0 saturated carbocycles. The van der Waals surface area contributed by atoms with Crippen LogP contribution >= 0.6 is 11.3 Å². The van der Waals surface area contributed by atoms with Crippen molar-refractivity contribution in [2.24, 2.45) is 13.0 Å². The third-order valence-corrected chi connectivity index (χ3v) is 5.72. The van der Waals surface area contributed by atoms with E-state index in [2.05, 4.69) is 22.3 Å². The number of aryl methyl sites for hydroxylation is 2. The minimum atomic E-state index is 0.127. The van der Waals surface area contributed by atoms with Crippen LogP contribution in [0.5, 0.6) is 0 Å². The summed E-state index contributed by atoms with van der Waals surface area (Å²) in [5, 5.41) is 8.46. The van der Waals surface area contributed by atoms with Gasteiger partial charge in [0.1, 0.15) is 9.88 Å². The topological polar surface area (TPSA) is 63.1 Å². The molecule has 3 rings (SSSR count). The van der Waals surface area contributed by atoms with Gasteiger partial charge < -0.3 is 10.2 Å². The van der Waals surface area contributed by atoms with Crippen LogP contribution in [-0.4, -0.2) is 51.8 Å². The Morgan fingerprint density at radius 1 is 1.42 bits per heavy atom. The van der Waals surface area contributed by atoms with Crippen LogP contribution in [0.3, 0.4) is 0 Å². The number of aromatic nitrogens is 3.